The molecule has 0 bridgehead atoms. The molecule has 1 rings (SSSR count). The van der Waals surface area contributed by atoms with Gasteiger partial charge in [-0.25, -0.2) is 0 Å². The van der Waals surface area contributed by atoms with Crippen LogP contribution in [0, 0.1) is 6.92 Å². The summed E-state index contributed by atoms with van der Waals surface area (Å²) < 4.78 is 0. The predicted molar refractivity (Wildman–Crippen MR) is 58.2 cm³/mol. The number of aryl methyl sites for hydroxylation is 2. The van der Waals surface area contributed by atoms with E-state index in [9.17, 15) is 5.11 Å². The maximum absolute atomic E-state index is 9.68. The van der Waals surface area contributed by atoms with E-state index in [0.717, 1.165) is 12.8 Å². The highest BCUT2D eigenvalue weighted by molar-refractivity contribution is 7.11. The van der Waals surface area contributed by atoms with Crippen LogP contribution in [0.3, 0.4) is 0 Å². The van der Waals surface area contributed by atoms with Gasteiger partial charge in [0, 0.05) is 9.75 Å². The molecule has 1 atom stereocenters. The average molecular weight is 196 g/mol. The lowest BCUT2D eigenvalue weighted by Crippen LogP contribution is -2.20. The summed E-state index contributed by atoms with van der Waals surface area (Å²) >= 11 is 1.79. The molecule has 1 aromatic heterocycles. The monoisotopic (exact) mass is 196 g/mol. The largest absolute Gasteiger partial charge is 0.386 e. The van der Waals surface area contributed by atoms with Gasteiger partial charge >= 0.3 is 0 Å². The molecular formula is C11H16OS. The van der Waals surface area contributed by atoms with Crippen LogP contribution in [0.1, 0.15) is 23.1 Å². The van der Waals surface area contributed by atoms with Crippen LogP contribution >= 0.6 is 11.3 Å². The Labute approximate surface area is 83.7 Å². The van der Waals surface area contributed by atoms with Crippen LogP contribution in [0.4, 0.5) is 0 Å². The van der Waals surface area contributed by atoms with Crippen molar-refractivity contribution in [3.63, 3.8) is 0 Å². The Morgan fingerprint density at radius 3 is 2.77 bits per heavy atom. The van der Waals surface area contributed by atoms with Gasteiger partial charge in [-0.3, -0.25) is 0 Å². The second kappa shape index (κ2) is 4.07. The molecule has 0 fully saturated rings. The quantitative estimate of drug-likeness (QED) is 0.734. The topological polar surface area (TPSA) is 20.2 Å². The van der Waals surface area contributed by atoms with E-state index in [2.05, 4.69) is 25.6 Å². The molecule has 0 aliphatic rings. The van der Waals surface area contributed by atoms with Gasteiger partial charge in [-0.05, 0) is 38.8 Å². The normalized spacial score (nSPS) is 15.3. The van der Waals surface area contributed by atoms with Crippen LogP contribution in [-0.2, 0) is 6.42 Å². The van der Waals surface area contributed by atoms with Crippen LogP contribution in [-0.4, -0.2) is 10.7 Å². The van der Waals surface area contributed by atoms with Crippen molar-refractivity contribution in [1.29, 1.82) is 0 Å². The second-order valence-corrected chi connectivity index (χ2v) is 4.95. The summed E-state index contributed by atoms with van der Waals surface area (Å²) in [6, 6.07) is 4.24. The zero-order valence-electron chi connectivity index (χ0n) is 8.21. The SMILES string of the molecule is C=CC(C)(O)CCc1ccc(C)s1. The summed E-state index contributed by atoms with van der Waals surface area (Å²) in [6.07, 6.45) is 3.28. The lowest BCUT2D eigenvalue weighted by molar-refractivity contribution is 0.103. The number of hydrogen-bond donors (Lipinski definition) is 1. The van der Waals surface area contributed by atoms with Gasteiger partial charge in [0.1, 0.15) is 0 Å². The molecule has 1 nitrogen and oxygen atoms in total. The zero-order chi connectivity index (χ0) is 9.90. The van der Waals surface area contributed by atoms with Crippen LogP contribution in [0.5, 0.6) is 0 Å². The summed E-state index contributed by atoms with van der Waals surface area (Å²) in [6.45, 7) is 7.49. The smallest absolute Gasteiger partial charge is 0.0800 e. The summed E-state index contributed by atoms with van der Waals surface area (Å²) in [4.78, 5) is 2.66. The first kappa shape index (κ1) is 10.5. The van der Waals surface area contributed by atoms with Crippen molar-refractivity contribution in [3.05, 3.63) is 34.5 Å². The molecule has 0 amide bonds. The number of aliphatic hydroxyl groups is 1. The molecule has 2 heteroatoms. The molecule has 0 radical (unpaired) electrons. The van der Waals surface area contributed by atoms with E-state index in [4.69, 9.17) is 0 Å². The van der Waals surface area contributed by atoms with Crippen LogP contribution in [0.15, 0.2) is 24.8 Å². The van der Waals surface area contributed by atoms with Gasteiger partial charge in [-0.15, -0.1) is 17.9 Å². The molecule has 1 heterocycles. The van der Waals surface area contributed by atoms with Gasteiger partial charge in [0.15, 0.2) is 0 Å². The summed E-state index contributed by atoms with van der Waals surface area (Å²) in [5, 5.41) is 9.68. The minimum Gasteiger partial charge on any atom is -0.386 e. The standard InChI is InChI=1S/C11H16OS/c1-4-11(3,12)8-7-10-6-5-9(2)13-10/h4-6,12H,1,7-8H2,2-3H3. The summed E-state index contributed by atoms with van der Waals surface area (Å²) in [5.41, 5.74) is -0.724. The number of thiophene rings is 1. The van der Waals surface area contributed by atoms with Crippen molar-refractivity contribution in [2.24, 2.45) is 0 Å². The molecule has 0 aliphatic carbocycles. The first-order chi connectivity index (χ1) is 6.03. The molecule has 1 N–H and O–H groups in total. The summed E-state index contributed by atoms with van der Waals surface area (Å²) in [5.74, 6) is 0. The van der Waals surface area contributed by atoms with Crippen LogP contribution < -0.4 is 0 Å². The Kier molecular flexibility index (Phi) is 3.28. The van der Waals surface area contributed by atoms with Gasteiger partial charge in [-0.2, -0.15) is 0 Å². The van der Waals surface area contributed by atoms with Crippen LogP contribution in [0.2, 0.25) is 0 Å². The predicted octanol–water partition coefficient (Wildman–Crippen LogP) is 2.93. The van der Waals surface area contributed by atoms with Gasteiger partial charge < -0.3 is 5.11 Å². The minimum absolute atomic E-state index is 0.724. The van der Waals surface area contributed by atoms with Crippen LogP contribution in [0.25, 0.3) is 0 Å². The number of hydrogen-bond acceptors (Lipinski definition) is 2. The fourth-order valence-electron chi connectivity index (χ4n) is 1.10. The minimum atomic E-state index is -0.724. The van der Waals surface area contributed by atoms with Crippen molar-refractivity contribution >= 4 is 11.3 Å². The molecule has 72 valence electrons. The third-order valence-corrected chi connectivity index (χ3v) is 3.17. The highest BCUT2D eigenvalue weighted by Crippen LogP contribution is 2.20. The molecular weight excluding hydrogens is 180 g/mol. The Bertz CT molecular complexity index is 286. The molecule has 0 aromatic carbocycles. The molecule has 0 spiro atoms. The molecule has 1 aromatic rings. The lowest BCUT2D eigenvalue weighted by atomic mass is 10.0. The lowest BCUT2D eigenvalue weighted by Gasteiger charge is -2.17. The average Bonchev–Trinajstić information content (AvgIpc) is 2.48. The Morgan fingerprint density at radius 1 is 1.62 bits per heavy atom. The van der Waals surface area contributed by atoms with Crippen molar-refractivity contribution in [2.75, 3.05) is 0 Å². The van der Waals surface area contributed by atoms with Gasteiger partial charge in [-0.1, -0.05) is 6.08 Å². The van der Waals surface area contributed by atoms with E-state index in [1.165, 1.54) is 9.75 Å². The highest BCUT2D eigenvalue weighted by atomic mass is 32.1. The van der Waals surface area contributed by atoms with E-state index in [0.29, 0.717) is 0 Å². The molecule has 0 aliphatic heterocycles. The van der Waals surface area contributed by atoms with E-state index < -0.39 is 5.60 Å². The zero-order valence-corrected chi connectivity index (χ0v) is 9.03. The van der Waals surface area contributed by atoms with E-state index in [-0.39, 0.29) is 0 Å². The Hall–Kier alpha value is -0.600. The van der Waals surface area contributed by atoms with Gasteiger partial charge in [0.25, 0.3) is 0 Å². The second-order valence-electron chi connectivity index (χ2n) is 3.57. The molecule has 1 unspecified atom stereocenters. The van der Waals surface area contributed by atoms with E-state index >= 15 is 0 Å². The highest BCUT2D eigenvalue weighted by Gasteiger charge is 2.14. The van der Waals surface area contributed by atoms with Gasteiger partial charge in [0.05, 0.1) is 5.60 Å². The maximum Gasteiger partial charge on any atom is 0.0800 e. The third-order valence-electron chi connectivity index (χ3n) is 2.11. The van der Waals surface area contributed by atoms with Crippen molar-refractivity contribution in [2.45, 2.75) is 32.3 Å². The maximum atomic E-state index is 9.68. The van der Waals surface area contributed by atoms with Crippen molar-refractivity contribution < 1.29 is 5.11 Å². The van der Waals surface area contributed by atoms with E-state index in [1.54, 1.807) is 24.3 Å². The third kappa shape index (κ3) is 3.33. The fraction of sp³-hybridized carbons (Fsp3) is 0.455. The Balaban J connectivity index is 2.48. The number of rotatable bonds is 4. The molecule has 13 heavy (non-hydrogen) atoms. The Morgan fingerprint density at radius 2 is 2.31 bits per heavy atom. The van der Waals surface area contributed by atoms with E-state index in [1.807, 2.05) is 0 Å². The van der Waals surface area contributed by atoms with Gasteiger partial charge in [0.2, 0.25) is 0 Å². The molecule has 0 saturated carbocycles. The van der Waals surface area contributed by atoms with Crippen molar-refractivity contribution in [1.82, 2.24) is 0 Å². The summed E-state index contributed by atoms with van der Waals surface area (Å²) in [7, 11) is 0. The fourth-order valence-corrected chi connectivity index (χ4v) is 1.99. The molecule has 0 saturated heterocycles. The first-order valence-electron chi connectivity index (χ1n) is 4.45. The first-order valence-corrected chi connectivity index (χ1v) is 5.26. The van der Waals surface area contributed by atoms with Crippen molar-refractivity contribution in [3.8, 4) is 0 Å².